The van der Waals surface area contributed by atoms with Crippen LogP contribution in [0.3, 0.4) is 0 Å². The SMILES string of the molecule is CCc1nc(C2CCCCN2C(=O)c2cc3c(F)cc(Br)cc3[nH]2)no1. The first kappa shape index (κ1) is 17.2. The number of rotatable bonds is 3. The van der Waals surface area contributed by atoms with Gasteiger partial charge in [0.2, 0.25) is 5.89 Å². The number of amides is 1. The van der Waals surface area contributed by atoms with Crippen LogP contribution in [0.15, 0.2) is 27.2 Å². The molecule has 136 valence electrons. The van der Waals surface area contributed by atoms with E-state index in [0.717, 1.165) is 19.3 Å². The molecule has 4 rings (SSSR count). The lowest BCUT2D eigenvalue weighted by molar-refractivity contribution is 0.0591. The molecule has 8 heteroatoms. The van der Waals surface area contributed by atoms with E-state index < -0.39 is 0 Å². The summed E-state index contributed by atoms with van der Waals surface area (Å²) in [4.78, 5) is 22.3. The third-order valence-corrected chi connectivity index (χ3v) is 5.19. The van der Waals surface area contributed by atoms with Gasteiger partial charge in [0.05, 0.1) is 11.6 Å². The van der Waals surface area contributed by atoms with Gasteiger partial charge in [-0.15, -0.1) is 0 Å². The Labute approximate surface area is 157 Å². The number of hydrogen-bond donors (Lipinski definition) is 1. The minimum absolute atomic E-state index is 0.177. The molecule has 1 aliphatic rings. The lowest BCUT2D eigenvalue weighted by Crippen LogP contribution is -2.39. The third-order valence-electron chi connectivity index (χ3n) is 4.73. The maximum absolute atomic E-state index is 14.1. The molecule has 0 spiro atoms. The average molecular weight is 421 g/mol. The van der Waals surface area contributed by atoms with Crippen LogP contribution in [0.2, 0.25) is 0 Å². The van der Waals surface area contributed by atoms with Gasteiger partial charge < -0.3 is 14.4 Å². The van der Waals surface area contributed by atoms with E-state index in [-0.39, 0.29) is 17.8 Å². The lowest BCUT2D eigenvalue weighted by Gasteiger charge is -2.33. The first-order valence-electron chi connectivity index (χ1n) is 8.68. The molecular formula is C18H18BrFN4O2. The number of H-pyrrole nitrogens is 1. The highest BCUT2D eigenvalue weighted by Crippen LogP contribution is 2.32. The molecule has 0 aliphatic carbocycles. The van der Waals surface area contributed by atoms with Crippen LogP contribution in [0.5, 0.6) is 0 Å². The van der Waals surface area contributed by atoms with Gasteiger partial charge in [0, 0.05) is 22.8 Å². The molecule has 6 nitrogen and oxygen atoms in total. The van der Waals surface area contributed by atoms with Gasteiger partial charge in [0.1, 0.15) is 11.5 Å². The molecule has 1 amide bonds. The number of hydrogen-bond acceptors (Lipinski definition) is 4. The minimum atomic E-state index is -0.370. The molecule has 1 aromatic carbocycles. The molecule has 1 fully saturated rings. The predicted molar refractivity (Wildman–Crippen MR) is 97.3 cm³/mol. The van der Waals surface area contributed by atoms with Gasteiger partial charge in [-0.3, -0.25) is 4.79 Å². The second-order valence-corrected chi connectivity index (χ2v) is 7.36. The van der Waals surface area contributed by atoms with Crippen molar-refractivity contribution in [1.82, 2.24) is 20.0 Å². The molecule has 1 unspecified atom stereocenters. The summed E-state index contributed by atoms with van der Waals surface area (Å²) in [6, 6.07) is 4.50. The predicted octanol–water partition coefficient (Wildman–Crippen LogP) is 4.38. The van der Waals surface area contributed by atoms with E-state index in [1.54, 1.807) is 17.0 Å². The zero-order valence-corrected chi connectivity index (χ0v) is 15.8. The Morgan fingerprint density at radius 2 is 2.27 bits per heavy atom. The average Bonchev–Trinajstić information content (AvgIpc) is 3.28. The molecule has 1 aliphatic heterocycles. The smallest absolute Gasteiger partial charge is 0.270 e. The molecule has 1 N–H and O–H groups in total. The van der Waals surface area contributed by atoms with Crippen molar-refractivity contribution >= 4 is 32.7 Å². The maximum atomic E-state index is 14.1. The molecule has 1 saturated heterocycles. The second kappa shape index (κ2) is 6.83. The van der Waals surface area contributed by atoms with Crippen molar-refractivity contribution in [3.8, 4) is 0 Å². The highest BCUT2D eigenvalue weighted by atomic mass is 79.9. The van der Waals surface area contributed by atoms with Gasteiger partial charge in [0.25, 0.3) is 5.91 Å². The normalized spacial score (nSPS) is 17.8. The van der Waals surface area contributed by atoms with Crippen LogP contribution in [0.4, 0.5) is 4.39 Å². The van der Waals surface area contributed by atoms with Crippen LogP contribution in [0, 0.1) is 5.82 Å². The third kappa shape index (κ3) is 3.02. The number of nitrogens with zero attached hydrogens (tertiary/aromatic N) is 3. The lowest BCUT2D eigenvalue weighted by atomic mass is 10.0. The highest BCUT2D eigenvalue weighted by molar-refractivity contribution is 9.10. The number of halogens is 2. The molecule has 3 aromatic rings. The number of carbonyl (C=O) groups excluding carboxylic acids is 1. The van der Waals surface area contributed by atoms with E-state index in [0.29, 0.717) is 45.8 Å². The number of aryl methyl sites for hydroxylation is 1. The van der Waals surface area contributed by atoms with Crippen LogP contribution in [0.1, 0.15) is 54.4 Å². The van der Waals surface area contributed by atoms with E-state index >= 15 is 0 Å². The summed E-state index contributed by atoms with van der Waals surface area (Å²) in [6.45, 7) is 2.55. The van der Waals surface area contributed by atoms with Gasteiger partial charge in [-0.1, -0.05) is 28.0 Å². The number of piperidine rings is 1. The minimum Gasteiger partial charge on any atom is -0.350 e. The fourth-order valence-corrected chi connectivity index (χ4v) is 3.85. The summed E-state index contributed by atoms with van der Waals surface area (Å²) >= 11 is 3.27. The van der Waals surface area contributed by atoms with Crippen LogP contribution in [-0.4, -0.2) is 32.5 Å². The van der Waals surface area contributed by atoms with E-state index in [9.17, 15) is 9.18 Å². The van der Waals surface area contributed by atoms with E-state index in [2.05, 4.69) is 31.1 Å². The number of aromatic amines is 1. The zero-order chi connectivity index (χ0) is 18.3. The Morgan fingerprint density at radius 3 is 3.04 bits per heavy atom. The van der Waals surface area contributed by atoms with E-state index in [1.807, 2.05) is 6.92 Å². The highest BCUT2D eigenvalue weighted by Gasteiger charge is 2.32. The summed E-state index contributed by atoms with van der Waals surface area (Å²) in [5.74, 6) is 0.560. The van der Waals surface area contributed by atoms with Crippen molar-refractivity contribution in [3.05, 3.63) is 45.9 Å². The fraction of sp³-hybridized carbons (Fsp3) is 0.389. The number of nitrogens with one attached hydrogen (secondary N) is 1. The fourth-order valence-electron chi connectivity index (χ4n) is 3.42. The number of fused-ring (bicyclic) bond motifs is 1. The quantitative estimate of drug-likeness (QED) is 0.681. The molecule has 0 bridgehead atoms. The molecule has 26 heavy (non-hydrogen) atoms. The molecule has 0 radical (unpaired) electrons. The zero-order valence-electron chi connectivity index (χ0n) is 14.3. The Kier molecular flexibility index (Phi) is 4.52. The van der Waals surface area contributed by atoms with Crippen LogP contribution in [-0.2, 0) is 6.42 Å². The first-order valence-corrected chi connectivity index (χ1v) is 9.47. The summed E-state index contributed by atoms with van der Waals surface area (Å²) in [7, 11) is 0. The number of likely N-dealkylation sites (tertiary alicyclic amines) is 1. The van der Waals surface area contributed by atoms with Gasteiger partial charge in [-0.2, -0.15) is 4.98 Å². The Balaban J connectivity index is 1.68. The van der Waals surface area contributed by atoms with Crippen LogP contribution < -0.4 is 0 Å². The van der Waals surface area contributed by atoms with Crippen molar-refractivity contribution in [2.24, 2.45) is 0 Å². The number of carbonyl (C=O) groups is 1. The summed E-state index contributed by atoms with van der Waals surface area (Å²) < 4.78 is 20.0. The Bertz CT molecular complexity index is 967. The second-order valence-electron chi connectivity index (χ2n) is 6.44. The monoisotopic (exact) mass is 420 g/mol. The number of aromatic nitrogens is 3. The van der Waals surface area contributed by atoms with Gasteiger partial charge in [0.15, 0.2) is 5.82 Å². The largest absolute Gasteiger partial charge is 0.350 e. The van der Waals surface area contributed by atoms with Gasteiger partial charge >= 0.3 is 0 Å². The van der Waals surface area contributed by atoms with Crippen molar-refractivity contribution in [1.29, 1.82) is 0 Å². The molecular weight excluding hydrogens is 403 g/mol. The van der Waals surface area contributed by atoms with Crippen molar-refractivity contribution in [2.75, 3.05) is 6.54 Å². The molecule has 2 aromatic heterocycles. The molecule has 1 atom stereocenters. The number of benzene rings is 1. The van der Waals surface area contributed by atoms with Crippen molar-refractivity contribution < 1.29 is 13.7 Å². The van der Waals surface area contributed by atoms with Gasteiger partial charge in [-0.25, -0.2) is 4.39 Å². The van der Waals surface area contributed by atoms with Crippen LogP contribution in [0.25, 0.3) is 10.9 Å². The topological polar surface area (TPSA) is 75.0 Å². The van der Waals surface area contributed by atoms with E-state index in [4.69, 9.17) is 4.52 Å². The Hall–Kier alpha value is -2.22. The summed E-state index contributed by atoms with van der Waals surface area (Å²) in [6.07, 6.45) is 3.36. The van der Waals surface area contributed by atoms with E-state index in [1.165, 1.54) is 6.07 Å². The summed E-state index contributed by atoms with van der Waals surface area (Å²) in [5, 5.41) is 4.45. The van der Waals surface area contributed by atoms with Crippen LogP contribution >= 0.6 is 15.9 Å². The van der Waals surface area contributed by atoms with Crippen molar-refractivity contribution in [2.45, 2.75) is 38.6 Å². The maximum Gasteiger partial charge on any atom is 0.270 e. The first-order chi connectivity index (χ1) is 12.6. The molecule has 0 saturated carbocycles. The summed E-state index contributed by atoms with van der Waals surface area (Å²) in [5.41, 5.74) is 0.949. The standard InChI is InChI=1S/C18H18BrFN4O2/c1-2-16-22-17(23-26-16)15-5-3-4-6-24(15)18(25)14-9-11-12(20)7-10(19)8-13(11)21-14/h7-9,15,21H,2-6H2,1H3. The van der Waals surface area contributed by atoms with Gasteiger partial charge in [-0.05, 0) is 37.5 Å². The Morgan fingerprint density at radius 1 is 1.42 bits per heavy atom. The molecule has 3 heterocycles. The van der Waals surface area contributed by atoms with Crippen molar-refractivity contribution in [3.63, 3.8) is 0 Å².